The van der Waals surface area contributed by atoms with Crippen LogP contribution in [0.1, 0.15) is 29.8 Å². The molecule has 3 aromatic heterocycles. The SMILES string of the molecule is Cc1nc2cc(F)c(-c3ccc(P(C)C)nc3)cc2c(NC(C)c2cncnc2)c1C. The summed E-state index contributed by atoms with van der Waals surface area (Å²) in [6.45, 7) is 10.3. The first-order valence-corrected chi connectivity index (χ1v) is 12.3. The fourth-order valence-electron chi connectivity index (χ4n) is 3.55. The van der Waals surface area contributed by atoms with Gasteiger partial charge in [-0.2, -0.15) is 0 Å². The van der Waals surface area contributed by atoms with Gasteiger partial charge in [-0.1, -0.05) is 14.0 Å². The average molecular weight is 433 g/mol. The van der Waals surface area contributed by atoms with Crippen LogP contribution in [0.25, 0.3) is 22.0 Å². The molecule has 0 saturated carbocycles. The highest BCUT2D eigenvalue weighted by Gasteiger charge is 2.17. The number of hydrogen-bond donors (Lipinski definition) is 1. The standard InChI is InChI=1S/C24H25FN5P/c1-14-15(2)29-22-9-21(25)19(17-6-7-23(28-12-17)31(4)5)8-20(22)24(14)30-16(3)18-10-26-13-27-11-18/h6-13,16H,1-5H3,(H,29,30). The van der Waals surface area contributed by atoms with Gasteiger partial charge in [-0.05, 0) is 51.8 Å². The van der Waals surface area contributed by atoms with Gasteiger partial charge in [-0.3, -0.25) is 9.97 Å². The van der Waals surface area contributed by atoms with Crippen molar-refractivity contribution < 1.29 is 4.39 Å². The van der Waals surface area contributed by atoms with E-state index < -0.39 is 0 Å². The van der Waals surface area contributed by atoms with E-state index in [1.807, 2.05) is 32.0 Å². The molecule has 1 unspecified atom stereocenters. The van der Waals surface area contributed by atoms with E-state index in [0.717, 1.165) is 38.9 Å². The number of pyridine rings is 2. The average Bonchev–Trinajstić information content (AvgIpc) is 2.77. The number of nitrogens with zero attached hydrogens (tertiary/aromatic N) is 4. The predicted molar refractivity (Wildman–Crippen MR) is 127 cm³/mol. The largest absolute Gasteiger partial charge is 0.378 e. The van der Waals surface area contributed by atoms with E-state index in [1.165, 1.54) is 12.4 Å². The first-order valence-electron chi connectivity index (χ1n) is 10.1. The number of nitrogens with one attached hydrogen (secondary N) is 1. The molecule has 0 aliphatic carbocycles. The fraction of sp³-hybridized carbons (Fsp3) is 0.250. The molecule has 0 aliphatic rings. The van der Waals surface area contributed by atoms with Crippen molar-refractivity contribution in [2.24, 2.45) is 0 Å². The van der Waals surface area contributed by atoms with Crippen LogP contribution in [0, 0.1) is 19.7 Å². The first kappa shape index (κ1) is 21.3. The predicted octanol–water partition coefficient (Wildman–Crippen LogP) is 5.38. The van der Waals surface area contributed by atoms with Crippen LogP contribution in [0.4, 0.5) is 10.1 Å². The zero-order valence-corrected chi connectivity index (χ0v) is 19.2. The van der Waals surface area contributed by atoms with Crippen LogP contribution in [0.5, 0.6) is 0 Å². The van der Waals surface area contributed by atoms with E-state index in [-0.39, 0.29) is 19.8 Å². The maximum atomic E-state index is 15.1. The quantitative estimate of drug-likeness (QED) is 0.428. The van der Waals surface area contributed by atoms with E-state index in [1.54, 1.807) is 18.6 Å². The Hall–Kier alpha value is -2.98. The van der Waals surface area contributed by atoms with Gasteiger partial charge in [0.15, 0.2) is 0 Å². The van der Waals surface area contributed by atoms with Crippen molar-refractivity contribution >= 4 is 29.9 Å². The smallest absolute Gasteiger partial charge is 0.133 e. The number of halogens is 1. The molecule has 158 valence electrons. The molecule has 5 nitrogen and oxygen atoms in total. The maximum absolute atomic E-state index is 15.1. The Morgan fingerprint density at radius 3 is 2.42 bits per heavy atom. The molecule has 3 heterocycles. The highest BCUT2D eigenvalue weighted by atomic mass is 31.1. The topological polar surface area (TPSA) is 63.6 Å². The van der Waals surface area contributed by atoms with Gasteiger partial charge in [0.1, 0.15) is 12.1 Å². The second kappa shape index (κ2) is 8.64. The second-order valence-corrected chi connectivity index (χ2v) is 10.1. The molecule has 0 radical (unpaired) electrons. The maximum Gasteiger partial charge on any atom is 0.133 e. The lowest BCUT2D eigenvalue weighted by Crippen LogP contribution is -2.10. The summed E-state index contributed by atoms with van der Waals surface area (Å²) in [4.78, 5) is 17.4. The lowest BCUT2D eigenvalue weighted by molar-refractivity contribution is 0.632. The molecule has 0 bridgehead atoms. The molecule has 4 rings (SSSR count). The number of aromatic nitrogens is 4. The second-order valence-electron chi connectivity index (χ2n) is 7.88. The molecule has 1 aromatic carbocycles. The van der Waals surface area contributed by atoms with Crippen molar-refractivity contribution in [3.8, 4) is 11.1 Å². The molecule has 4 aromatic rings. The summed E-state index contributed by atoms with van der Waals surface area (Å²) in [5.41, 5.74) is 6.76. The molecule has 1 N–H and O–H groups in total. The Labute approximate surface area is 183 Å². The number of rotatable bonds is 5. The van der Waals surface area contributed by atoms with Crippen molar-refractivity contribution in [2.75, 3.05) is 18.6 Å². The molecule has 0 amide bonds. The van der Waals surface area contributed by atoms with Gasteiger partial charge in [0.05, 0.1) is 17.0 Å². The van der Waals surface area contributed by atoms with Gasteiger partial charge >= 0.3 is 0 Å². The van der Waals surface area contributed by atoms with Crippen molar-refractivity contribution in [1.82, 2.24) is 19.9 Å². The molecule has 0 saturated heterocycles. The van der Waals surface area contributed by atoms with Crippen LogP contribution < -0.4 is 10.8 Å². The monoisotopic (exact) mass is 433 g/mol. The van der Waals surface area contributed by atoms with E-state index in [2.05, 4.69) is 45.5 Å². The fourth-order valence-corrected chi connectivity index (χ4v) is 4.22. The summed E-state index contributed by atoms with van der Waals surface area (Å²) in [7, 11) is -0.293. The summed E-state index contributed by atoms with van der Waals surface area (Å²) < 4.78 is 15.1. The number of anilines is 1. The minimum absolute atomic E-state index is 0.0206. The highest BCUT2D eigenvalue weighted by molar-refractivity contribution is 7.63. The third-order valence-corrected chi connectivity index (χ3v) is 6.70. The normalized spacial score (nSPS) is 12.4. The van der Waals surface area contributed by atoms with Crippen LogP contribution in [0.2, 0.25) is 0 Å². The zero-order valence-electron chi connectivity index (χ0n) is 18.3. The zero-order chi connectivity index (χ0) is 22.1. The lowest BCUT2D eigenvalue weighted by Gasteiger charge is -2.20. The van der Waals surface area contributed by atoms with Crippen molar-refractivity contribution in [3.63, 3.8) is 0 Å². The third-order valence-electron chi connectivity index (χ3n) is 5.52. The van der Waals surface area contributed by atoms with Gasteiger partial charge in [-0.25, -0.2) is 14.4 Å². The van der Waals surface area contributed by atoms with Crippen LogP contribution in [-0.2, 0) is 0 Å². The molecule has 0 fully saturated rings. The van der Waals surface area contributed by atoms with E-state index in [0.29, 0.717) is 11.1 Å². The van der Waals surface area contributed by atoms with Gasteiger partial charge < -0.3 is 5.32 Å². The summed E-state index contributed by atoms with van der Waals surface area (Å²) in [6.07, 6.45) is 6.87. The van der Waals surface area contributed by atoms with Crippen LogP contribution in [0.15, 0.2) is 49.2 Å². The minimum Gasteiger partial charge on any atom is -0.378 e. The van der Waals surface area contributed by atoms with Crippen LogP contribution >= 0.6 is 7.92 Å². The van der Waals surface area contributed by atoms with Gasteiger partial charge in [0.25, 0.3) is 0 Å². The molecule has 1 atom stereocenters. The Morgan fingerprint density at radius 2 is 1.77 bits per heavy atom. The van der Waals surface area contributed by atoms with Gasteiger partial charge in [0.2, 0.25) is 0 Å². The van der Waals surface area contributed by atoms with Crippen molar-refractivity contribution in [1.29, 1.82) is 0 Å². The Kier molecular flexibility index (Phi) is 5.92. The number of aryl methyl sites for hydroxylation is 1. The first-order chi connectivity index (χ1) is 14.8. The van der Waals surface area contributed by atoms with Gasteiger partial charge in [-0.15, -0.1) is 0 Å². The molecule has 0 aliphatic heterocycles. The number of fused-ring (bicyclic) bond motifs is 1. The van der Waals surface area contributed by atoms with Crippen molar-refractivity contribution in [2.45, 2.75) is 26.8 Å². The van der Waals surface area contributed by atoms with E-state index >= 15 is 4.39 Å². The summed E-state index contributed by atoms with van der Waals surface area (Å²) in [6, 6.07) is 7.30. The molecular formula is C24H25FN5P. The van der Waals surface area contributed by atoms with Gasteiger partial charge in [0, 0.05) is 58.1 Å². The van der Waals surface area contributed by atoms with Crippen molar-refractivity contribution in [3.05, 3.63) is 71.8 Å². The minimum atomic E-state index is -0.302. The number of hydrogen-bond acceptors (Lipinski definition) is 5. The number of benzene rings is 1. The summed E-state index contributed by atoms with van der Waals surface area (Å²) in [5, 5.41) is 4.45. The van der Waals surface area contributed by atoms with E-state index in [4.69, 9.17) is 0 Å². The van der Waals surface area contributed by atoms with Crippen LogP contribution in [-0.4, -0.2) is 33.3 Å². The molecular weight excluding hydrogens is 408 g/mol. The lowest BCUT2D eigenvalue weighted by atomic mass is 10.00. The van der Waals surface area contributed by atoms with Crippen LogP contribution in [0.3, 0.4) is 0 Å². The summed E-state index contributed by atoms with van der Waals surface area (Å²) >= 11 is 0. The third kappa shape index (κ3) is 4.26. The highest BCUT2D eigenvalue weighted by Crippen LogP contribution is 2.35. The van der Waals surface area contributed by atoms with E-state index in [9.17, 15) is 0 Å². The molecule has 31 heavy (non-hydrogen) atoms. The molecule has 0 spiro atoms. The Bertz CT molecular complexity index is 1230. The summed E-state index contributed by atoms with van der Waals surface area (Å²) in [5.74, 6) is -0.302. The Morgan fingerprint density at radius 1 is 1.03 bits per heavy atom. The Balaban J connectivity index is 1.83. The molecule has 7 heteroatoms.